The van der Waals surface area contributed by atoms with E-state index in [9.17, 15) is 9.59 Å². The molecule has 0 unspecified atom stereocenters. The van der Waals surface area contributed by atoms with Crippen LogP contribution in [-0.2, 0) is 6.54 Å². The first-order valence-corrected chi connectivity index (χ1v) is 10.0. The molecule has 0 radical (unpaired) electrons. The normalized spacial score (nSPS) is 13.5. The lowest BCUT2D eigenvalue weighted by molar-refractivity contribution is 0.0792. The maximum Gasteiger partial charge on any atom is 0.253 e. The molecule has 0 aliphatic carbocycles. The molecule has 1 aliphatic rings. The van der Waals surface area contributed by atoms with Crippen molar-refractivity contribution in [3.63, 3.8) is 0 Å². The van der Waals surface area contributed by atoms with Gasteiger partial charge >= 0.3 is 0 Å². The molecule has 2 heterocycles. The lowest BCUT2D eigenvalue weighted by Gasteiger charge is -2.15. The van der Waals surface area contributed by atoms with Crippen LogP contribution in [-0.4, -0.2) is 34.4 Å². The first-order valence-electron chi connectivity index (χ1n) is 10.0. The number of likely N-dealkylation sites (tertiary alicyclic amines) is 1. The molecule has 4 rings (SSSR count). The third-order valence-corrected chi connectivity index (χ3v) is 5.40. The molecule has 5 nitrogen and oxygen atoms in total. The van der Waals surface area contributed by atoms with Gasteiger partial charge in [0.15, 0.2) is 0 Å². The molecule has 29 heavy (non-hydrogen) atoms. The van der Waals surface area contributed by atoms with Crippen molar-refractivity contribution in [3.05, 3.63) is 89.2 Å². The van der Waals surface area contributed by atoms with E-state index in [4.69, 9.17) is 0 Å². The smallest absolute Gasteiger partial charge is 0.253 e. The molecule has 2 amide bonds. The van der Waals surface area contributed by atoms with E-state index >= 15 is 0 Å². The maximum absolute atomic E-state index is 12.6. The maximum atomic E-state index is 12.6. The van der Waals surface area contributed by atoms with Crippen molar-refractivity contribution < 1.29 is 9.59 Å². The summed E-state index contributed by atoms with van der Waals surface area (Å²) >= 11 is 0. The fourth-order valence-electron chi connectivity index (χ4n) is 3.68. The number of hydrogen-bond acceptors (Lipinski definition) is 2. The molecule has 0 saturated carbocycles. The zero-order valence-corrected chi connectivity index (χ0v) is 16.6. The first kappa shape index (κ1) is 19.0. The van der Waals surface area contributed by atoms with Crippen molar-refractivity contribution in [3.8, 4) is 5.69 Å². The fourth-order valence-corrected chi connectivity index (χ4v) is 3.68. The monoisotopic (exact) mass is 387 g/mol. The van der Waals surface area contributed by atoms with Gasteiger partial charge in [0, 0.05) is 48.8 Å². The van der Waals surface area contributed by atoms with Gasteiger partial charge < -0.3 is 14.8 Å². The van der Waals surface area contributed by atoms with E-state index in [1.54, 1.807) is 0 Å². The number of aromatic nitrogens is 1. The Balaban J connectivity index is 1.39. The van der Waals surface area contributed by atoms with Gasteiger partial charge in [0.1, 0.15) is 0 Å². The van der Waals surface area contributed by atoms with Crippen LogP contribution in [0.4, 0.5) is 0 Å². The topological polar surface area (TPSA) is 54.3 Å². The molecule has 1 N–H and O–H groups in total. The summed E-state index contributed by atoms with van der Waals surface area (Å²) in [6.45, 7) is 4.14. The second kappa shape index (κ2) is 8.35. The molecule has 1 aromatic heterocycles. The minimum atomic E-state index is -0.115. The molecule has 3 aromatic rings. The van der Waals surface area contributed by atoms with Crippen molar-refractivity contribution in [1.29, 1.82) is 0 Å². The van der Waals surface area contributed by atoms with E-state index in [1.165, 1.54) is 0 Å². The van der Waals surface area contributed by atoms with Crippen LogP contribution in [0.2, 0.25) is 0 Å². The number of nitrogens with zero attached hydrogens (tertiary/aromatic N) is 2. The van der Waals surface area contributed by atoms with Gasteiger partial charge in [-0.15, -0.1) is 0 Å². The molecule has 1 saturated heterocycles. The third-order valence-electron chi connectivity index (χ3n) is 5.40. The largest absolute Gasteiger partial charge is 0.348 e. The van der Waals surface area contributed by atoms with Gasteiger partial charge in [-0.3, -0.25) is 9.59 Å². The van der Waals surface area contributed by atoms with Gasteiger partial charge in [-0.1, -0.05) is 18.2 Å². The Labute approximate surface area is 171 Å². The van der Waals surface area contributed by atoms with Crippen molar-refractivity contribution in [2.24, 2.45) is 0 Å². The van der Waals surface area contributed by atoms with Crippen molar-refractivity contribution in [1.82, 2.24) is 14.8 Å². The Morgan fingerprint density at radius 3 is 2.28 bits per heavy atom. The van der Waals surface area contributed by atoms with Crippen LogP contribution in [0, 0.1) is 6.92 Å². The average molecular weight is 387 g/mol. The highest BCUT2D eigenvalue weighted by molar-refractivity contribution is 5.95. The summed E-state index contributed by atoms with van der Waals surface area (Å²) in [7, 11) is 0. The second-order valence-corrected chi connectivity index (χ2v) is 7.47. The van der Waals surface area contributed by atoms with Gasteiger partial charge in [-0.25, -0.2) is 0 Å². The molecule has 1 fully saturated rings. The number of hydrogen-bond donors (Lipinski definition) is 1. The molecule has 1 aliphatic heterocycles. The van der Waals surface area contributed by atoms with Crippen LogP contribution in [0.5, 0.6) is 0 Å². The van der Waals surface area contributed by atoms with Crippen molar-refractivity contribution in [2.45, 2.75) is 26.3 Å². The van der Waals surface area contributed by atoms with Gasteiger partial charge in [0.05, 0.1) is 0 Å². The highest BCUT2D eigenvalue weighted by Gasteiger charge is 2.19. The average Bonchev–Trinajstić information content (AvgIpc) is 3.46. The summed E-state index contributed by atoms with van der Waals surface area (Å²) in [5, 5.41) is 2.97. The molecule has 0 bridgehead atoms. The van der Waals surface area contributed by atoms with E-state index in [0.29, 0.717) is 17.7 Å². The van der Waals surface area contributed by atoms with E-state index in [-0.39, 0.29) is 11.8 Å². The minimum absolute atomic E-state index is 0.0929. The predicted molar refractivity (Wildman–Crippen MR) is 113 cm³/mol. The van der Waals surface area contributed by atoms with Gasteiger partial charge in [0.25, 0.3) is 11.8 Å². The molecule has 5 heteroatoms. The van der Waals surface area contributed by atoms with E-state index < -0.39 is 0 Å². The number of carbonyl (C=O) groups is 2. The number of nitrogens with one attached hydrogen (secondary N) is 1. The van der Waals surface area contributed by atoms with Gasteiger partial charge in [-0.2, -0.15) is 0 Å². The number of aryl methyl sites for hydroxylation is 1. The molecular formula is C24H25N3O2. The van der Waals surface area contributed by atoms with E-state index in [2.05, 4.69) is 5.32 Å². The summed E-state index contributed by atoms with van der Waals surface area (Å²) in [5.41, 5.74) is 4.40. The Morgan fingerprint density at radius 2 is 1.59 bits per heavy atom. The lowest BCUT2D eigenvalue weighted by atomic mass is 10.1. The fraction of sp³-hybridized carbons (Fsp3) is 0.250. The number of amides is 2. The zero-order valence-electron chi connectivity index (χ0n) is 16.6. The van der Waals surface area contributed by atoms with Gasteiger partial charge in [0.2, 0.25) is 0 Å². The van der Waals surface area contributed by atoms with Gasteiger partial charge in [-0.05, 0) is 67.3 Å². The van der Waals surface area contributed by atoms with Crippen LogP contribution in [0.3, 0.4) is 0 Å². The predicted octanol–water partition coefficient (Wildman–Crippen LogP) is 3.95. The summed E-state index contributed by atoms with van der Waals surface area (Å²) < 4.78 is 2.00. The Bertz CT molecular complexity index is 1000. The van der Waals surface area contributed by atoms with Crippen LogP contribution < -0.4 is 5.32 Å². The standard InChI is InChI=1S/C24H25N3O2/c1-18-6-9-21(16-22(18)26-12-2-3-13-26)23(28)25-17-19-7-10-20(11-8-19)24(29)27-14-4-5-15-27/h2-3,6-13,16H,4-5,14-15,17H2,1H3,(H,25,28). The SMILES string of the molecule is Cc1ccc(C(=O)NCc2ccc(C(=O)N3CCCC3)cc2)cc1-n1cccc1. The Kier molecular flexibility index (Phi) is 5.47. The lowest BCUT2D eigenvalue weighted by Crippen LogP contribution is -2.27. The number of rotatable bonds is 5. The van der Waals surface area contributed by atoms with E-state index in [0.717, 1.165) is 42.7 Å². The molecular weight excluding hydrogens is 362 g/mol. The third kappa shape index (κ3) is 4.24. The van der Waals surface area contributed by atoms with Crippen LogP contribution in [0.15, 0.2) is 67.0 Å². The molecule has 2 aromatic carbocycles. The summed E-state index contributed by atoms with van der Waals surface area (Å²) in [5.74, 6) is -0.0223. The van der Waals surface area contributed by atoms with Crippen molar-refractivity contribution in [2.75, 3.05) is 13.1 Å². The second-order valence-electron chi connectivity index (χ2n) is 7.47. The first-order chi connectivity index (χ1) is 14.1. The molecule has 0 atom stereocenters. The van der Waals surface area contributed by atoms with Crippen LogP contribution in [0.1, 0.15) is 44.7 Å². The van der Waals surface area contributed by atoms with E-state index in [1.807, 2.05) is 83.4 Å². The molecule has 148 valence electrons. The highest BCUT2D eigenvalue weighted by atomic mass is 16.2. The quantitative estimate of drug-likeness (QED) is 0.721. The number of carbonyl (C=O) groups excluding carboxylic acids is 2. The Hall–Kier alpha value is -3.34. The summed E-state index contributed by atoms with van der Waals surface area (Å²) in [6.07, 6.45) is 6.10. The van der Waals surface area contributed by atoms with Crippen LogP contribution >= 0.6 is 0 Å². The Morgan fingerprint density at radius 1 is 0.931 bits per heavy atom. The number of benzene rings is 2. The summed E-state index contributed by atoms with van der Waals surface area (Å²) in [6, 6.07) is 17.1. The van der Waals surface area contributed by atoms with Crippen LogP contribution in [0.25, 0.3) is 5.69 Å². The van der Waals surface area contributed by atoms with Crippen molar-refractivity contribution >= 4 is 11.8 Å². The summed E-state index contributed by atoms with van der Waals surface area (Å²) in [4.78, 5) is 26.9. The highest BCUT2D eigenvalue weighted by Crippen LogP contribution is 2.17. The minimum Gasteiger partial charge on any atom is -0.348 e. The molecule has 0 spiro atoms. The zero-order chi connectivity index (χ0) is 20.2.